The van der Waals surface area contributed by atoms with Gasteiger partial charge in [0.2, 0.25) is 0 Å². The van der Waals surface area contributed by atoms with Crippen molar-refractivity contribution in [3.8, 4) is 5.75 Å². The van der Waals surface area contributed by atoms with Gasteiger partial charge in [-0.15, -0.1) is 0 Å². The van der Waals surface area contributed by atoms with Gasteiger partial charge in [0, 0.05) is 0 Å². The molecule has 0 unspecified atom stereocenters. The van der Waals surface area contributed by atoms with E-state index in [4.69, 9.17) is 6.11 Å². The molecule has 0 amide bonds. The molecule has 68 valence electrons. The minimum atomic E-state index is -0.127. The normalized spacial score (nSPS) is 12.2. The largest absolute Gasteiger partial charge is 0.497 e. The molecule has 0 N–H and O–H groups in total. The first-order valence-electron chi connectivity index (χ1n) is 4.47. The highest BCUT2D eigenvalue weighted by molar-refractivity contribution is 5.91. The highest BCUT2D eigenvalue weighted by atomic mass is 16.5. The van der Waals surface area contributed by atoms with Crippen LogP contribution < -0.4 is 4.74 Å². The zero-order chi connectivity index (χ0) is 10.6. The molecule has 1 rings (SSSR count). The summed E-state index contributed by atoms with van der Waals surface area (Å²) in [4.78, 5) is 10.8. The maximum absolute atomic E-state index is 10.8. The summed E-state index contributed by atoms with van der Waals surface area (Å²) in [7, 11) is 1.57. The van der Waals surface area contributed by atoms with Crippen molar-refractivity contribution in [3.05, 3.63) is 35.9 Å². The van der Waals surface area contributed by atoms with Crippen molar-refractivity contribution in [1.82, 2.24) is 0 Å². The molecular formula is C11H12O2. The Balaban J connectivity index is 3.01. The minimum absolute atomic E-state index is 0.127. The summed E-state index contributed by atoms with van der Waals surface area (Å²) in [6.45, 7) is 1.43. The molecule has 0 aliphatic heterocycles. The Kier molecular flexibility index (Phi) is 2.76. The quantitative estimate of drug-likeness (QED) is 0.662. The van der Waals surface area contributed by atoms with E-state index in [9.17, 15) is 4.79 Å². The van der Waals surface area contributed by atoms with Crippen molar-refractivity contribution >= 4 is 11.8 Å². The molecule has 1 aromatic rings. The highest BCUT2D eigenvalue weighted by Crippen LogP contribution is 2.13. The molecule has 0 fully saturated rings. The average Bonchev–Trinajstić information content (AvgIpc) is 2.17. The van der Waals surface area contributed by atoms with Gasteiger partial charge in [-0.1, -0.05) is 18.2 Å². The van der Waals surface area contributed by atoms with Gasteiger partial charge in [0.05, 0.1) is 8.48 Å². The first-order chi connectivity index (χ1) is 6.63. The van der Waals surface area contributed by atoms with Gasteiger partial charge in [-0.3, -0.25) is 4.79 Å². The Bertz CT molecular complexity index is 369. The van der Waals surface area contributed by atoms with Crippen LogP contribution in [0.1, 0.15) is 13.9 Å². The Labute approximate surface area is 79.2 Å². The van der Waals surface area contributed by atoms with E-state index in [2.05, 4.69) is 0 Å². The van der Waals surface area contributed by atoms with Crippen molar-refractivity contribution in [3.63, 3.8) is 0 Å². The third kappa shape index (κ3) is 3.11. The van der Waals surface area contributed by atoms with Crippen LogP contribution in [0, 0.1) is 0 Å². The molecule has 1 aromatic carbocycles. The number of benzene rings is 1. The number of rotatable bonds is 3. The molecule has 0 bridgehead atoms. The Morgan fingerprint density at radius 3 is 3.00 bits per heavy atom. The zero-order valence-corrected chi connectivity index (χ0v) is 7.70. The van der Waals surface area contributed by atoms with Gasteiger partial charge >= 0.3 is 0 Å². The number of ketones is 1. The number of ether oxygens (including phenoxy) is 1. The zero-order valence-electron chi connectivity index (χ0n) is 8.70. The number of methoxy groups -OCH3 is 1. The molecule has 0 atom stereocenters. The van der Waals surface area contributed by atoms with Gasteiger partial charge in [-0.25, -0.2) is 0 Å². The average molecular weight is 177 g/mol. The smallest absolute Gasteiger partial charge is 0.152 e. The van der Waals surface area contributed by atoms with Crippen LogP contribution >= 0.6 is 0 Å². The fourth-order valence-electron chi connectivity index (χ4n) is 0.898. The van der Waals surface area contributed by atoms with E-state index in [1.54, 1.807) is 31.4 Å². The summed E-state index contributed by atoms with van der Waals surface area (Å²) >= 11 is 0. The lowest BCUT2D eigenvalue weighted by Crippen LogP contribution is -1.83. The fraction of sp³-hybridized carbons (Fsp3) is 0.182. The number of hydrogen-bond donors (Lipinski definition) is 0. The molecule has 0 aromatic heterocycles. The van der Waals surface area contributed by atoms with E-state index in [-0.39, 0.29) is 11.8 Å². The van der Waals surface area contributed by atoms with Crippen molar-refractivity contribution in [2.24, 2.45) is 0 Å². The third-order valence-electron chi connectivity index (χ3n) is 1.51. The summed E-state index contributed by atoms with van der Waals surface area (Å²) < 4.78 is 12.6. The maximum Gasteiger partial charge on any atom is 0.152 e. The van der Waals surface area contributed by atoms with Gasteiger partial charge in [0.25, 0.3) is 0 Å². The third-order valence-corrected chi connectivity index (χ3v) is 1.51. The van der Waals surface area contributed by atoms with Gasteiger partial charge < -0.3 is 4.74 Å². The summed E-state index contributed by atoms with van der Waals surface area (Å²) in [5.74, 6) is 0.557. The van der Waals surface area contributed by atoms with E-state index < -0.39 is 0 Å². The molecule has 2 heteroatoms. The molecular weight excluding hydrogens is 164 g/mol. The Morgan fingerprint density at radius 1 is 1.62 bits per heavy atom. The lowest BCUT2D eigenvalue weighted by atomic mass is 10.2. The lowest BCUT2D eigenvalue weighted by molar-refractivity contribution is -0.112. The summed E-state index contributed by atoms with van der Waals surface area (Å²) in [6.07, 6.45) is 1.29. The number of hydrogen-bond acceptors (Lipinski definition) is 2. The summed E-state index contributed by atoms with van der Waals surface area (Å²) in [5, 5.41) is 0. The highest BCUT2D eigenvalue weighted by Gasteiger charge is 1.91. The Morgan fingerprint density at radius 2 is 2.38 bits per heavy atom. The number of allylic oxidation sites excluding steroid dienone is 1. The van der Waals surface area contributed by atoms with E-state index in [1.807, 2.05) is 0 Å². The van der Waals surface area contributed by atoms with Crippen LogP contribution in [0.15, 0.2) is 30.3 Å². The van der Waals surface area contributed by atoms with E-state index in [0.717, 1.165) is 0 Å². The maximum atomic E-state index is 10.8. The van der Waals surface area contributed by atoms with Crippen molar-refractivity contribution < 1.29 is 10.9 Å². The SMILES string of the molecule is [2H]/C(=C\C(C)=O)c1cccc(OC)c1. The number of carbonyl (C=O) groups excluding carboxylic acids is 1. The topological polar surface area (TPSA) is 26.3 Å². The molecule has 0 heterocycles. The number of carbonyl (C=O) groups is 1. The molecule has 0 saturated heterocycles. The first-order valence-corrected chi connectivity index (χ1v) is 3.97. The van der Waals surface area contributed by atoms with Crippen molar-refractivity contribution in [2.75, 3.05) is 7.11 Å². The van der Waals surface area contributed by atoms with Crippen LogP contribution in [0.4, 0.5) is 0 Å². The lowest BCUT2D eigenvalue weighted by Gasteiger charge is -1.99. The van der Waals surface area contributed by atoms with Crippen molar-refractivity contribution in [1.29, 1.82) is 0 Å². The Hall–Kier alpha value is -1.57. The van der Waals surface area contributed by atoms with Crippen LogP contribution in [0.3, 0.4) is 0 Å². The van der Waals surface area contributed by atoms with E-state index in [1.165, 1.54) is 13.0 Å². The van der Waals surface area contributed by atoms with Crippen molar-refractivity contribution in [2.45, 2.75) is 6.92 Å². The first kappa shape index (κ1) is 8.05. The monoisotopic (exact) mass is 177 g/mol. The van der Waals surface area contributed by atoms with Crippen LogP contribution in [0.25, 0.3) is 6.05 Å². The van der Waals surface area contributed by atoms with E-state index >= 15 is 0 Å². The van der Waals surface area contributed by atoms with Gasteiger partial charge in [-0.2, -0.15) is 0 Å². The second-order valence-electron chi connectivity index (χ2n) is 2.63. The van der Waals surface area contributed by atoms with Gasteiger partial charge in [-0.05, 0) is 30.7 Å². The molecule has 2 nitrogen and oxygen atoms in total. The summed E-state index contributed by atoms with van der Waals surface area (Å²) in [6, 6.07) is 7.28. The second-order valence-corrected chi connectivity index (χ2v) is 2.63. The molecule has 0 spiro atoms. The van der Waals surface area contributed by atoms with Gasteiger partial charge in [0.1, 0.15) is 5.75 Å². The molecule has 13 heavy (non-hydrogen) atoms. The second kappa shape index (κ2) is 4.45. The van der Waals surface area contributed by atoms with Crippen LogP contribution in [0.5, 0.6) is 5.75 Å². The molecule has 0 aliphatic carbocycles. The standard InChI is InChI=1S/C11H12O2/c1-9(12)6-7-10-4-3-5-11(8-10)13-2/h3-8H,1-2H3/b7-6+/i7D. The predicted octanol–water partition coefficient (Wildman–Crippen LogP) is 2.30. The van der Waals surface area contributed by atoms with Crippen LogP contribution in [-0.4, -0.2) is 12.9 Å². The minimum Gasteiger partial charge on any atom is -0.497 e. The molecule has 0 saturated carbocycles. The van der Waals surface area contributed by atoms with Gasteiger partial charge in [0.15, 0.2) is 5.78 Å². The van der Waals surface area contributed by atoms with Crippen LogP contribution in [0.2, 0.25) is 0 Å². The summed E-state index contributed by atoms with van der Waals surface area (Å²) in [5.41, 5.74) is 0.680. The molecule has 0 aliphatic rings. The molecule has 0 radical (unpaired) electrons. The van der Waals surface area contributed by atoms with Crippen LogP contribution in [-0.2, 0) is 4.79 Å². The van der Waals surface area contributed by atoms with E-state index in [0.29, 0.717) is 11.3 Å². The fourth-order valence-corrected chi connectivity index (χ4v) is 0.898. The predicted molar refractivity (Wildman–Crippen MR) is 52.7 cm³/mol.